The van der Waals surface area contributed by atoms with Gasteiger partial charge in [0.2, 0.25) is 18.1 Å². The number of hydrogen-bond acceptors (Lipinski definition) is 7. The maximum absolute atomic E-state index is 13.2. The fourth-order valence-electron chi connectivity index (χ4n) is 5.02. The van der Waals surface area contributed by atoms with Crippen molar-refractivity contribution in [2.45, 2.75) is 38.3 Å². The zero-order valence-electron chi connectivity index (χ0n) is 22.8. The second-order valence-corrected chi connectivity index (χ2v) is 10.1. The summed E-state index contributed by atoms with van der Waals surface area (Å²) >= 11 is 0. The molecule has 3 aromatic rings. The molecule has 1 aliphatic rings. The first-order valence-corrected chi connectivity index (χ1v) is 13.0. The number of ether oxygens (including phenoxy) is 1. The first-order chi connectivity index (χ1) is 19.2. The summed E-state index contributed by atoms with van der Waals surface area (Å²) in [7, 11) is 3.60. The third-order valence-corrected chi connectivity index (χ3v) is 7.00. The van der Waals surface area contributed by atoms with Crippen LogP contribution in [-0.2, 0) is 11.4 Å². The van der Waals surface area contributed by atoms with E-state index in [-0.39, 0.29) is 12.3 Å². The van der Waals surface area contributed by atoms with Gasteiger partial charge >= 0.3 is 0 Å². The molecule has 11 heteroatoms. The smallest absolute Gasteiger partial charge is 0.251 e. The zero-order valence-corrected chi connectivity index (χ0v) is 22.8. The van der Waals surface area contributed by atoms with Gasteiger partial charge in [0.1, 0.15) is 12.4 Å². The number of carbonyl (C=O) groups is 2. The molecule has 0 bridgehead atoms. The van der Waals surface area contributed by atoms with Crippen LogP contribution in [0, 0.1) is 18.4 Å². The van der Waals surface area contributed by atoms with Crippen LogP contribution in [0.15, 0.2) is 59.6 Å². The van der Waals surface area contributed by atoms with Crippen LogP contribution in [0.3, 0.4) is 0 Å². The molecule has 2 heterocycles. The van der Waals surface area contributed by atoms with E-state index < -0.39 is 11.4 Å². The van der Waals surface area contributed by atoms with Crippen LogP contribution in [0.4, 0.5) is 0 Å². The van der Waals surface area contributed by atoms with Crippen LogP contribution in [0.25, 0.3) is 10.9 Å². The zero-order chi connectivity index (χ0) is 28.7. The number of nitrogens with zero attached hydrogens (tertiary/aromatic N) is 5. The molecular formula is C29H33N7O4. The molecule has 1 fully saturated rings. The van der Waals surface area contributed by atoms with Gasteiger partial charge < -0.3 is 19.9 Å². The normalized spacial score (nSPS) is 14.8. The molecule has 208 valence electrons. The summed E-state index contributed by atoms with van der Waals surface area (Å²) in [6.45, 7) is 3.24. The molecule has 40 heavy (non-hydrogen) atoms. The Morgan fingerprint density at radius 3 is 2.52 bits per heavy atom. The van der Waals surface area contributed by atoms with E-state index in [0.29, 0.717) is 49.8 Å². The van der Waals surface area contributed by atoms with Crippen LogP contribution in [0.5, 0.6) is 5.75 Å². The number of benzene rings is 2. The molecule has 0 radical (unpaired) electrons. The number of pyridine rings is 1. The number of hydrogen-bond donors (Lipinski definition) is 3. The van der Waals surface area contributed by atoms with E-state index in [0.717, 1.165) is 22.2 Å². The maximum Gasteiger partial charge on any atom is 0.251 e. The molecule has 0 spiro atoms. The lowest BCUT2D eigenvalue weighted by Gasteiger charge is -2.43. The summed E-state index contributed by atoms with van der Waals surface area (Å²) in [4.78, 5) is 37.5. The predicted molar refractivity (Wildman–Crippen MR) is 150 cm³/mol. The number of rotatable bonds is 7. The number of piperidine rings is 1. The van der Waals surface area contributed by atoms with E-state index in [1.807, 2.05) is 48.3 Å². The van der Waals surface area contributed by atoms with Crippen molar-refractivity contribution in [2.75, 3.05) is 27.2 Å². The second kappa shape index (κ2) is 12.4. The lowest BCUT2D eigenvalue weighted by atomic mass is 9.83. The number of carbonyl (C=O) groups excluding carboxylic acids is 2. The lowest BCUT2D eigenvalue weighted by Crippen LogP contribution is -2.58. The minimum Gasteiger partial charge on any atom is -0.489 e. The van der Waals surface area contributed by atoms with Gasteiger partial charge in [-0.15, -0.1) is 4.99 Å². The van der Waals surface area contributed by atoms with Crippen molar-refractivity contribution >= 4 is 28.7 Å². The summed E-state index contributed by atoms with van der Waals surface area (Å²) in [6.07, 6.45) is 2.58. The minimum absolute atomic E-state index is 0.0870. The lowest BCUT2D eigenvalue weighted by molar-refractivity contribution is -0.131. The van der Waals surface area contributed by atoms with E-state index in [1.165, 1.54) is 0 Å². The standard InChI is InChI=1S/C29H33N7O4/c1-20-16-22(24-6-4-5-7-25(24)32-20)18-40-23-10-8-21(9-11-23)27(38)33-29(17-26(37)34-39)12-14-36(15-13-29)28(31-19-30)35(2)3/h4-11,16,39H,12-15,17-18H2,1-3H3,(H,33,38)(H,34,37). The molecule has 11 nitrogen and oxygen atoms in total. The molecule has 0 aliphatic carbocycles. The van der Waals surface area contributed by atoms with E-state index >= 15 is 0 Å². The van der Waals surface area contributed by atoms with Crippen molar-refractivity contribution in [3.63, 3.8) is 0 Å². The number of aromatic nitrogens is 1. The molecule has 4 rings (SSSR count). The van der Waals surface area contributed by atoms with Gasteiger partial charge in [0.15, 0.2) is 0 Å². The largest absolute Gasteiger partial charge is 0.489 e. The number of aliphatic imine (C=N–C) groups is 1. The van der Waals surface area contributed by atoms with Gasteiger partial charge in [-0.3, -0.25) is 19.8 Å². The SMILES string of the molecule is Cc1cc(COc2ccc(C(=O)NC3(CC(=O)NO)CCN(C(=NC#N)N(C)C)CC3)cc2)c2ccccc2n1. The van der Waals surface area contributed by atoms with Gasteiger partial charge in [0.25, 0.3) is 5.91 Å². The number of nitriles is 1. The van der Waals surface area contributed by atoms with Crippen LogP contribution in [-0.4, -0.2) is 70.5 Å². The van der Waals surface area contributed by atoms with Gasteiger partial charge in [-0.2, -0.15) is 5.26 Å². The van der Waals surface area contributed by atoms with Crippen LogP contribution < -0.4 is 15.5 Å². The van der Waals surface area contributed by atoms with Gasteiger partial charge in [-0.25, -0.2) is 5.48 Å². The van der Waals surface area contributed by atoms with E-state index in [1.54, 1.807) is 48.7 Å². The quantitative estimate of drug-likeness (QED) is 0.136. The first-order valence-electron chi connectivity index (χ1n) is 13.0. The van der Waals surface area contributed by atoms with Crippen molar-refractivity contribution in [1.29, 1.82) is 5.26 Å². The highest BCUT2D eigenvalue weighted by Crippen LogP contribution is 2.28. The fraction of sp³-hybridized carbons (Fsp3) is 0.345. The molecule has 2 aromatic carbocycles. The highest BCUT2D eigenvalue weighted by atomic mass is 16.5. The molecule has 0 unspecified atom stereocenters. The Morgan fingerprint density at radius 2 is 1.88 bits per heavy atom. The maximum atomic E-state index is 13.2. The Balaban J connectivity index is 1.43. The molecule has 2 amide bonds. The minimum atomic E-state index is -0.875. The Labute approximate surface area is 233 Å². The second-order valence-electron chi connectivity index (χ2n) is 10.1. The van der Waals surface area contributed by atoms with Gasteiger partial charge in [0.05, 0.1) is 17.5 Å². The predicted octanol–water partition coefficient (Wildman–Crippen LogP) is 2.98. The van der Waals surface area contributed by atoms with Crippen LogP contribution >= 0.6 is 0 Å². The van der Waals surface area contributed by atoms with Crippen LogP contribution in [0.2, 0.25) is 0 Å². The summed E-state index contributed by atoms with van der Waals surface area (Å²) in [6, 6.07) is 16.8. The third kappa shape index (κ3) is 6.65. The number of likely N-dealkylation sites (tertiary alicyclic amines) is 1. The number of hydroxylamine groups is 1. The fourth-order valence-corrected chi connectivity index (χ4v) is 5.02. The Hall–Kier alpha value is -4.69. The monoisotopic (exact) mass is 543 g/mol. The summed E-state index contributed by atoms with van der Waals surface area (Å²) in [5, 5.41) is 22.3. The molecule has 0 atom stereocenters. The number of amides is 2. The topological polar surface area (TPSA) is 143 Å². The Bertz CT molecular complexity index is 1440. The number of para-hydroxylation sites is 1. The van der Waals surface area contributed by atoms with Crippen molar-refractivity contribution in [3.05, 3.63) is 71.4 Å². The molecular weight excluding hydrogens is 510 g/mol. The summed E-state index contributed by atoms with van der Waals surface area (Å²) in [5.41, 5.74) is 4.07. The first kappa shape index (κ1) is 28.3. The van der Waals surface area contributed by atoms with Gasteiger partial charge in [-0.05, 0) is 56.2 Å². The number of nitrogens with one attached hydrogen (secondary N) is 2. The molecule has 3 N–H and O–H groups in total. The average molecular weight is 544 g/mol. The molecule has 1 aliphatic heterocycles. The van der Waals surface area contributed by atoms with E-state index in [4.69, 9.17) is 15.2 Å². The number of aryl methyl sites for hydroxylation is 1. The third-order valence-electron chi connectivity index (χ3n) is 7.00. The Morgan fingerprint density at radius 1 is 1.18 bits per heavy atom. The van der Waals surface area contributed by atoms with Crippen molar-refractivity contribution in [3.8, 4) is 11.9 Å². The van der Waals surface area contributed by atoms with Gasteiger partial charge in [-0.1, -0.05) is 18.2 Å². The van der Waals surface area contributed by atoms with Crippen LogP contribution in [0.1, 0.15) is 40.9 Å². The van der Waals surface area contributed by atoms with E-state index in [2.05, 4.69) is 15.3 Å². The highest BCUT2D eigenvalue weighted by molar-refractivity contribution is 5.95. The average Bonchev–Trinajstić information content (AvgIpc) is 2.95. The highest BCUT2D eigenvalue weighted by Gasteiger charge is 2.39. The van der Waals surface area contributed by atoms with E-state index in [9.17, 15) is 9.59 Å². The molecule has 0 saturated carbocycles. The van der Waals surface area contributed by atoms with Gasteiger partial charge in [0, 0.05) is 49.4 Å². The summed E-state index contributed by atoms with van der Waals surface area (Å²) < 4.78 is 6.02. The van der Waals surface area contributed by atoms with Crippen molar-refractivity contribution < 1.29 is 19.5 Å². The molecule has 1 aromatic heterocycles. The summed E-state index contributed by atoms with van der Waals surface area (Å²) in [5.74, 6) is 0.209. The number of fused-ring (bicyclic) bond motifs is 1. The van der Waals surface area contributed by atoms with Crippen molar-refractivity contribution in [2.24, 2.45) is 4.99 Å². The molecule has 1 saturated heterocycles. The van der Waals surface area contributed by atoms with Crippen molar-refractivity contribution in [1.82, 2.24) is 25.6 Å². The number of guanidine groups is 1. The Kier molecular flexibility index (Phi) is 8.81.